The number of fused-ring (bicyclic) bond motifs is 6. The van der Waals surface area contributed by atoms with Gasteiger partial charge in [-0.2, -0.15) is 26.3 Å². The van der Waals surface area contributed by atoms with Crippen molar-refractivity contribution in [2.45, 2.75) is 26.2 Å². The summed E-state index contributed by atoms with van der Waals surface area (Å²) < 4.78 is 89.9. The summed E-state index contributed by atoms with van der Waals surface area (Å²) in [5.41, 5.74) is 7.42. The second-order valence-corrected chi connectivity index (χ2v) is 19.1. The Morgan fingerprint density at radius 1 is 0.361 bits per heavy atom. The molecule has 0 fully saturated rings. The largest absolute Gasteiger partial charge is 0.416 e. The predicted octanol–water partition coefficient (Wildman–Crippen LogP) is 18.0. The topological polar surface area (TPSA) is 43.6 Å². The molecule has 12 rings (SSSR count). The molecule has 3 heterocycles. The second kappa shape index (κ2) is 17.2. The quantitative estimate of drug-likeness (QED) is 0.150. The highest BCUT2D eigenvalue weighted by Gasteiger charge is 2.32. The molecule has 0 atom stereocenters. The monoisotopic (exact) mass is 972 g/mol. The Morgan fingerprint density at radius 3 is 1.36 bits per heavy atom. The molecule has 9 aromatic carbocycles. The molecule has 0 saturated carbocycles. The molecule has 11 heteroatoms. The first-order chi connectivity index (χ1) is 34.7. The van der Waals surface area contributed by atoms with Crippen LogP contribution in [0.15, 0.2) is 194 Å². The van der Waals surface area contributed by atoms with Gasteiger partial charge in [0, 0.05) is 47.6 Å². The Kier molecular flexibility index (Phi) is 10.7. The molecule has 0 aliphatic carbocycles. The van der Waals surface area contributed by atoms with Crippen molar-refractivity contribution in [1.29, 1.82) is 0 Å². The highest BCUT2D eigenvalue weighted by molar-refractivity contribution is 7.25. The lowest BCUT2D eigenvalue weighted by Crippen LogP contribution is -2.05. The minimum absolute atomic E-state index is 0.377. The van der Waals surface area contributed by atoms with Gasteiger partial charge in [0.15, 0.2) is 17.5 Å². The van der Waals surface area contributed by atoms with Crippen molar-refractivity contribution in [3.05, 3.63) is 216 Å². The van der Waals surface area contributed by atoms with Crippen molar-refractivity contribution in [1.82, 2.24) is 19.5 Å². The molecule has 3 aromatic heterocycles. The molecule has 4 nitrogen and oxygen atoms in total. The van der Waals surface area contributed by atoms with Gasteiger partial charge in [-0.05, 0) is 137 Å². The molecule has 0 bridgehead atoms. The van der Waals surface area contributed by atoms with Gasteiger partial charge in [0.2, 0.25) is 0 Å². The molecular weight excluding hydrogens is 935 g/mol. The lowest BCUT2D eigenvalue weighted by molar-refractivity contribution is -0.138. The number of benzene rings is 9. The van der Waals surface area contributed by atoms with Crippen molar-refractivity contribution in [2.24, 2.45) is 0 Å². The van der Waals surface area contributed by atoms with Crippen molar-refractivity contribution >= 4 is 53.3 Å². The number of alkyl halides is 6. The molecule has 0 N–H and O–H groups in total. The summed E-state index contributed by atoms with van der Waals surface area (Å²) in [6.07, 6.45) is -9.14. The molecular formula is C61H38F6N4S. The van der Waals surface area contributed by atoms with Gasteiger partial charge in [-0.15, -0.1) is 11.3 Å². The maximum absolute atomic E-state index is 14.2. The molecule has 72 heavy (non-hydrogen) atoms. The van der Waals surface area contributed by atoms with Crippen LogP contribution in [0, 0.1) is 13.8 Å². The zero-order valence-electron chi connectivity index (χ0n) is 38.4. The van der Waals surface area contributed by atoms with Gasteiger partial charge in [-0.25, -0.2) is 15.0 Å². The second-order valence-electron chi connectivity index (χ2n) is 18.0. The Balaban J connectivity index is 1.15. The van der Waals surface area contributed by atoms with Gasteiger partial charge in [0.1, 0.15) is 0 Å². The summed E-state index contributed by atoms with van der Waals surface area (Å²) in [5.74, 6) is 1.32. The number of aryl methyl sites for hydroxylation is 2. The number of thiophene rings is 1. The first-order valence-corrected chi connectivity index (χ1v) is 23.9. The Bertz CT molecular complexity index is 3920. The van der Waals surface area contributed by atoms with E-state index in [1.54, 1.807) is 37.3 Å². The molecule has 0 aliphatic heterocycles. The SMILES string of the molecule is Cc1cc(-c2ccc3c(c2)c2cc(-c4cc(C)cc(C(F)(F)F)c4)ccc2n3-c2ccc(-c3ccc4sc5ccccc5c4c3)cc2-c2nc(-c3ccccc3)nc(-c3ccccc3)n2)cc(C(F)(F)F)c1. The Labute approximate surface area is 413 Å². The molecule has 0 amide bonds. The first kappa shape index (κ1) is 44.8. The highest BCUT2D eigenvalue weighted by atomic mass is 32.1. The van der Waals surface area contributed by atoms with Gasteiger partial charge in [0.25, 0.3) is 0 Å². The minimum Gasteiger partial charge on any atom is -0.308 e. The fraction of sp³-hybridized carbons (Fsp3) is 0.0656. The van der Waals surface area contributed by atoms with Gasteiger partial charge >= 0.3 is 12.4 Å². The summed E-state index contributed by atoms with van der Waals surface area (Å²) in [4.78, 5) is 15.4. The van der Waals surface area contributed by atoms with Crippen LogP contribution in [0.4, 0.5) is 26.3 Å². The van der Waals surface area contributed by atoms with Crippen LogP contribution >= 0.6 is 11.3 Å². The number of rotatable bonds is 7. The van der Waals surface area contributed by atoms with Crippen LogP contribution in [-0.4, -0.2) is 19.5 Å². The fourth-order valence-electron chi connectivity index (χ4n) is 9.79. The third kappa shape index (κ3) is 8.15. The molecule has 0 spiro atoms. The third-order valence-corrected chi connectivity index (χ3v) is 14.3. The number of hydrogen-bond acceptors (Lipinski definition) is 4. The van der Waals surface area contributed by atoms with Gasteiger partial charge in [0.05, 0.1) is 27.8 Å². The van der Waals surface area contributed by atoms with Crippen molar-refractivity contribution in [3.8, 4) is 73.2 Å². The van der Waals surface area contributed by atoms with Crippen LogP contribution < -0.4 is 0 Å². The van der Waals surface area contributed by atoms with Crippen LogP contribution in [0.5, 0.6) is 0 Å². The normalized spacial score (nSPS) is 12.2. The number of aromatic nitrogens is 4. The maximum Gasteiger partial charge on any atom is 0.416 e. The van der Waals surface area contributed by atoms with Gasteiger partial charge in [-0.1, -0.05) is 115 Å². The van der Waals surface area contributed by atoms with E-state index in [1.807, 2.05) is 115 Å². The third-order valence-electron chi connectivity index (χ3n) is 13.1. The zero-order valence-corrected chi connectivity index (χ0v) is 39.3. The van der Waals surface area contributed by atoms with Gasteiger partial charge in [-0.3, -0.25) is 0 Å². The van der Waals surface area contributed by atoms with E-state index in [0.29, 0.717) is 83.9 Å². The van der Waals surface area contributed by atoms with Crippen LogP contribution in [-0.2, 0) is 12.4 Å². The summed E-state index contributed by atoms with van der Waals surface area (Å²) in [6, 6.07) is 59.5. The number of hydrogen-bond donors (Lipinski definition) is 0. The Morgan fingerprint density at radius 2 is 0.806 bits per heavy atom. The Hall–Kier alpha value is -8.41. The standard InChI is InChI=1S/C61H38F6N4S/c1-35-25-43(29-45(27-35)60(62,63)64)41-18-21-52-48(31-41)49-32-42(44-26-36(2)28-46(30-44)61(65,66)67)19-22-53(49)71(52)54-23-17-39(40-20-24-56-50(33-40)47-15-9-10-16-55(47)72-56)34-51(54)59-69-57(37-11-5-3-6-12-37)68-58(70-59)38-13-7-4-8-14-38/h3-34H,1-2H3. The van der Waals surface area contributed by atoms with E-state index in [0.717, 1.165) is 51.9 Å². The van der Waals surface area contributed by atoms with Crippen LogP contribution in [0.25, 0.3) is 115 Å². The average molecular weight is 973 g/mol. The van der Waals surface area contributed by atoms with E-state index in [4.69, 9.17) is 15.0 Å². The van der Waals surface area contributed by atoms with E-state index in [2.05, 4.69) is 47.0 Å². The number of halogens is 6. The van der Waals surface area contributed by atoms with Crippen LogP contribution in [0.1, 0.15) is 22.3 Å². The molecule has 12 aromatic rings. The molecule has 0 aliphatic rings. The van der Waals surface area contributed by atoms with Crippen molar-refractivity contribution < 1.29 is 26.3 Å². The van der Waals surface area contributed by atoms with E-state index in [-0.39, 0.29) is 0 Å². The summed E-state index contributed by atoms with van der Waals surface area (Å²) in [7, 11) is 0. The molecule has 0 saturated heterocycles. The molecule has 0 unspecified atom stereocenters. The summed E-state index contributed by atoms with van der Waals surface area (Å²) in [6.45, 7) is 3.26. The summed E-state index contributed by atoms with van der Waals surface area (Å²) in [5, 5.41) is 3.66. The maximum atomic E-state index is 14.2. The summed E-state index contributed by atoms with van der Waals surface area (Å²) >= 11 is 1.74. The van der Waals surface area contributed by atoms with E-state index < -0.39 is 23.5 Å². The first-order valence-electron chi connectivity index (χ1n) is 23.1. The fourth-order valence-corrected chi connectivity index (χ4v) is 10.9. The lowest BCUT2D eigenvalue weighted by Gasteiger charge is -2.17. The van der Waals surface area contributed by atoms with Gasteiger partial charge < -0.3 is 4.57 Å². The minimum atomic E-state index is -4.57. The van der Waals surface area contributed by atoms with Crippen molar-refractivity contribution in [2.75, 3.05) is 0 Å². The smallest absolute Gasteiger partial charge is 0.308 e. The highest BCUT2D eigenvalue weighted by Crippen LogP contribution is 2.44. The molecule has 0 radical (unpaired) electrons. The van der Waals surface area contributed by atoms with E-state index in [1.165, 1.54) is 14.8 Å². The van der Waals surface area contributed by atoms with E-state index in [9.17, 15) is 26.3 Å². The predicted molar refractivity (Wildman–Crippen MR) is 279 cm³/mol. The number of nitrogens with zero attached hydrogens (tertiary/aromatic N) is 4. The van der Waals surface area contributed by atoms with Crippen LogP contribution in [0.2, 0.25) is 0 Å². The zero-order chi connectivity index (χ0) is 49.5. The van der Waals surface area contributed by atoms with E-state index >= 15 is 0 Å². The lowest BCUT2D eigenvalue weighted by atomic mass is 9.96. The average Bonchev–Trinajstić information content (AvgIpc) is 3.92. The molecule has 350 valence electrons. The van der Waals surface area contributed by atoms with Crippen molar-refractivity contribution in [3.63, 3.8) is 0 Å². The van der Waals surface area contributed by atoms with Crippen LogP contribution in [0.3, 0.4) is 0 Å².